The Morgan fingerprint density at radius 1 is 1.00 bits per heavy atom. The number of amides is 2. The van der Waals surface area contributed by atoms with Gasteiger partial charge in [0.25, 0.3) is 0 Å². The standard InChI is InChI=1S/C31H38N2O5/c1-31(2,3)38-30(36)32(4)20-27(25-15-14-22-10-8-9-13-24(22)18-25)29(23-11-6-5-7-12-23)37-21-28(35)33-17-16-26(34)19-33/h5-15,18,26-27,29,34H,16-17,19-21H2,1-4H3/t26-,27+,29+/m0/s1. The summed E-state index contributed by atoms with van der Waals surface area (Å²) < 4.78 is 12.0. The van der Waals surface area contributed by atoms with E-state index in [-0.39, 0.29) is 18.4 Å². The third-order valence-electron chi connectivity index (χ3n) is 6.77. The van der Waals surface area contributed by atoms with E-state index in [1.54, 1.807) is 16.8 Å². The van der Waals surface area contributed by atoms with Gasteiger partial charge >= 0.3 is 6.09 Å². The minimum Gasteiger partial charge on any atom is -0.444 e. The molecule has 7 nitrogen and oxygen atoms in total. The first-order chi connectivity index (χ1) is 18.1. The summed E-state index contributed by atoms with van der Waals surface area (Å²) in [7, 11) is 1.72. The zero-order valence-corrected chi connectivity index (χ0v) is 22.7. The van der Waals surface area contributed by atoms with Crippen LogP contribution in [0.2, 0.25) is 0 Å². The summed E-state index contributed by atoms with van der Waals surface area (Å²) in [6.45, 7) is 6.58. The van der Waals surface area contributed by atoms with Gasteiger partial charge in [-0.2, -0.15) is 0 Å². The Hall–Kier alpha value is -3.42. The van der Waals surface area contributed by atoms with Crippen molar-refractivity contribution in [3.05, 3.63) is 83.9 Å². The molecule has 1 fully saturated rings. The molecule has 2 amide bonds. The first kappa shape index (κ1) is 27.6. The largest absolute Gasteiger partial charge is 0.444 e. The van der Waals surface area contributed by atoms with Crippen LogP contribution in [-0.2, 0) is 14.3 Å². The smallest absolute Gasteiger partial charge is 0.410 e. The van der Waals surface area contributed by atoms with E-state index in [2.05, 4.69) is 30.3 Å². The number of hydrogen-bond donors (Lipinski definition) is 1. The van der Waals surface area contributed by atoms with Crippen LogP contribution in [0.5, 0.6) is 0 Å². The normalized spacial score (nSPS) is 17.3. The number of ether oxygens (including phenoxy) is 2. The fraction of sp³-hybridized carbons (Fsp3) is 0.419. The first-order valence-corrected chi connectivity index (χ1v) is 13.2. The van der Waals surface area contributed by atoms with E-state index >= 15 is 0 Å². The van der Waals surface area contributed by atoms with Gasteiger partial charge in [-0.05, 0) is 49.1 Å². The molecular weight excluding hydrogens is 480 g/mol. The SMILES string of the molecule is CN(C[C@H](c1ccc2ccccc2c1)[C@H](OCC(=O)N1CC[C@H](O)C1)c1ccccc1)C(=O)OC(C)(C)C. The third-order valence-corrected chi connectivity index (χ3v) is 6.77. The molecule has 0 saturated carbocycles. The van der Waals surface area contributed by atoms with Gasteiger partial charge in [0, 0.05) is 32.6 Å². The second-order valence-electron chi connectivity index (χ2n) is 11.0. The summed E-state index contributed by atoms with van der Waals surface area (Å²) >= 11 is 0. The Morgan fingerprint density at radius 2 is 1.68 bits per heavy atom. The highest BCUT2D eigenvalue weighted by molar-refractivity contribution is 5.83. The van der Waals surface area contributed by atoms with Gasteiger partial charge in [0.2, 0.25) is 5.91 Å². The molecule has 1 saturated heterocycles. The number of aliphatic hydroxyl groups is 1. The number of hydrogen-bond acceptors (Lipinski definition) is 5. The second kappa shape index (κ2) is 12.0. The van der Waals surface area contributed by atoms with Crippen LogP contribution in [0.15, 0.2) is 72.8 Å². The molecule has 0 spiro atoms. The molecule has 38 heavy (non-hydrogen) atoms. The molecular formula is C31H38N2O5. The lowest BCUT2D eigenvalue weighted by molar-refractivity contribution is -0.138. The first-order valence-electron chi connectivity index (χ1n) is 13.2. The topological polar surface area (TPSA) is 79.3 Å². The van der Waals surface area contributed by atoms with Crippen LogP contribution in [-0.4, -0.2) is 71.9 Å². The maximum atomic E-state index is 13.0. The fourth-order valence-corrected chi connectivity index (χ4v) is 4.83. The number of β-amino-alcohol motifs (C(OH)–C–C–N with tert-alkyl or cyclic N) is 1. The van der Waals surface area contributed by atoms with Gasteiger partial charge in [0.05, 0.1) is 12.2 Å². The Bertz CT molecular complexity index is 1240. The minimum atomic E-state index is -0.619. The summed E-state index contributed by atoms with van der Waals surface area (Å²) in [4.78, 5) is 29.1. The monoisotopic (exact) mass is 518 g/mol. The second-order valence-corrected chi connectivity index (χ2v) is 11.0. The lowest BCUT2D eigenvalue weighted by Gasteiger charge is -2.33. The maximum Gasteiger partial charge on any atom is 0.410 e. The van der Waals surface area contributed by atoms with Gasteiger partial charge in [-0.25, -0.2) is 4.79 Å². The van der Waals surface area contributed by atoms with Gasteiger partial charge < -0.3 is 24.4 Å². The van der Waals surface area contributed by atoms with E-state index in [9.17, 15) is 14.7 Å². The number of fused-ring (bicyclic) bond motifs is 1. The van der Waals surface area contributed by atoms with Crippen LogP contribution in [0, 0.1) is 0 Å². The van der Waals surface area contributed by atoms with E-state index in [0.29, 0.717) is 26.1 Å². The van der Waals surface area contributed by atoms with Crippen LogP contribution >= 0.6 is 0 Å². The van der Waals surface area contributed by atoms with Crippen molar-refractivity contribution >= 4 is 22.8 Å². The molecule has 1 N–H and O–H groups in total. The van der Waals surface area contributed by atoms with Crippen molar-refractivity contribution in [1.29, 1.82) is 0 Å². The molecule has 3 atom stereocenters. The van der Waals surface area contributed by atoms with E-state index < -0.39 is 23.9 Å². The number of aliphatic hydroxyl groups excluding tert-OH is 1. The Balaban J connectivity index is 1.67. The van der Waals surface area contributed by atoms with Crippen molar-refractivity contribution in [2.24, 2.45) is 0 Å². The number of likely N-dealkylation sites (N-methyl/N-ethyl adjacent to an activating group) is 1. The molecule has 0 aliphatic carbocycles. The van der Waals surface area contributed by atoms with Crippen molar-refractivity contribution in [1.82, 2.24) is 9.80 Å². The number of carbonyl (C=O) groups is 2. The van der Waals surface area contributed by atoms with Gasteiger partial charge in [0.1, 0.15) is 12.2 Å². The summed E-state index contributed by atoms with van der Waals surface area (Å²) in [5, 5.41) is 12.1. The molecule has 0 bridgehead atoms. The van der Waals surface area contributed by atoms with Crippen LogP contribution < -0.4 is 0 Å². The number of benzene rings is 3. The molecule has 4 rings (SSSR count). The zero-order valence-electron chi connectivity index (χ0n) is 22.7. The summed E-state index contributed by atoms with van der Waals surface area (Å²) in [6.07, 6.45) is -0.832. The van der Waals surface area contributed by atoms with E-state index in [1.165, 1.54) is 0 Å². The number of nitrogens with zero attached hydrogens (tertiary/aromatic N) is 2. The van der Waals surface area contributed by atoms with Gasteiger partial charge in [-0.15, -0.1) is 0 Å². The average molecular weight is 519 g/mol. The number of likely N-dealkylation sites (tertiary alicyclic amines) is 1. The summed E-state index contributed by atoms with van der Waals surface area (Å²) in [6, 6.07) is 24.2. The van der Waals surface area contributed by atoms with Crippen LogP contribution in [0.4, 0.5) is 4.79 Å². The molecule has 7 heteroatoms. The lowest BCUT2D eigenvalue weighted by Crippen LogP contribution is -2.38. The summed E-state index contributed by atoms with van der Waals surface area (Å²) in [5.74, 6) is -0.434. The van der Waals surface area contributed by atoms with Crippen molar-refractivity contribution < 1.29 is 24.2 Å². The number of rotatable bonds is 8. The molecule has 0 radical (unpaired) electrons. The average Bonchev–Trinajstić information content (AvgIpc) is 3.33. The van der Waals surface area contributed by atoms with Crippen LogP contribution in [0.1, 0.15) is 50.3 Å². The van der Waals surface area contributed by atoms with Crippen LogP contribution in [0.3, 0.4) is 0 Å². The Morgan fingerprint density at radius 3 is 2.34 bits per heavy atom. The predicted octanol–water partition coefficient (Wildman–Crippen LogP) is 5.14. The molecule has 202 valence electrons. The highest BCUT2D eigenvalue weighted by Gasteiger charge is 2.32. The minimum absolute atomic E-state index is 0.119. The maximum absolute atomic E-state index is 13.0. The Labute approximate surface area is 225 Å². The van der Waals surface area contributed by atoms with E-state index in [1.807, 2.05) is 63.2 Å². The quantitative estimate of drug-likeness (QED) is 0.447. The predicted molar refractivity (Wildman–Crippen MR) is 148 cm³/mol. The summed E-state index contributed by atoms with van der Waals surface area (Å²) in [5.41, 5.74) is 1.29. The molecule has 0 unspecified atom stereocenters. The third kappa shape index (κ3) is 7.11. The van der Waals surface area contributed by atoms with Crippen LogP contribution in [0.25, 0.3) is 10.8 Å². The van der Waals surface area contributed by atoms with Crippen molar-refractivity contribution in [3.63, 3.8) is 0 Å². The highest BCUT2D eigenvalue weighted by atomic mass is 16.6. The van der Waals surface area contributed by atoms with Gasteiger partial charge in [-0.3, -0.25) is 4.79 Å². The molecule has 1 aliphatic rings. The molecule has 0 aromatic heterocycles. The number of carbonyl (C=O) groups excluding carboxylic acids is 2. The van der Waals surface area contributed by atoms with E-state index in [4.69, 9.17) is 9.47 Å². The zero-order chi connectivity index (χ0) is 27.3. The fourth-order valence-electron chi connectivity index (χ4n) is 4.83. The highest BCUT2D eigenvalue weighted by Crippen LogP contribution is 2.36. The van der Waals surface area contributed by atoms with Gasteiger partial charge in [0.15, 0.2) is 0 Å². The molecule has 1 aliphatic heterocycles. The molecule has 3 aromatic carbocycles. The van der Waals surface area contributed by atoms with Crippen molar-refractivity contribution in [2.75, 3.05) is 33.3 Å². The Kier molecular flexibility index (Phi) is 8.69. The lowest BCUT2D eigenvalue weighted by atomic mass is 9.87. The van der Waals surface area contributed by atoms with Gasteiger partial charge in [-0.1, -0.05) is 72.8 Å². The molecule has 3 aromatic rings. The van der Waals surface area contributed by atoms with Crippen molar-refractivity contribution in [2.45, 2.75) is 50.9 Å². The van der Waals surface area contributed by atoms with Crippen molar-refractivity contribution in [3.8, 4) is 0 Å². The van der Waals surface area contributed by atoms with E-state index in [0.717, 1.165) is 21.9 Å². The molecule has 1 heterocycles.